The Bertz CT molecular complexity index is 257. The van der Waals surface area contributed by atoms with Crippen LogP contribution in [0.15, 0.2) is 5.16 Å². The molecule has 1 heterocycles. The van der Waals surface area contributed by atoms with E-state index < -0.39 is 0 Å². The normalized spacial score (nSPS) is 39.1. The van der Waals surface area contributed by atoms with Crippen molar-refractivity contribution in [2.75, 3.05) is 0 Å². The van der Waals surface area contributed by atoms with E-state index in [1.807, 2.05) is 0 Å². The summed E-state index contributed by atoms with van der Waals surface area (Å²) in [5, 5.41) is 4.38. The first kappa shape index (κ1) is 11.0. The zero-order chi connectivity index (χ0) is 11.0. The van der Waals surface area contributed by atoms with Crippen LogP contribution < -0.4 is 0 Å². The third kappa shape index (κ3) is 1.68. The van der Waals surface area contributed by atoms with Crippen LogP contribution in [0.3, 0.4) is 0 Å². The lowest BCUT2D eigenvalue weighted by atomic mass is 9.82. The quantitative estimate of drug-likeness (QED) is 0.697. The monoisotopic (exact) mass is 209 g/mol. The second-order valence-corrected chi connectivity index (χ2v) is 5.32. The fraction of sp³-hybridized carbons (Fsp3) is 0.923. The van der Waals surface area contributed by atoms with Crippen molar-refractivity contribution in [3.8, 4) is 0 Å². The highest BCUT2D eigenvalue weighted by Gasteiger charge is 2.48. The Labute approximate surface area is 93.1 Å². The first-order valence-electron chi connectivity index (χ1n) is 6.42. The van der Waals surface area contributed by atoms with Gasteiger partial charge in [0.25, 0.3) is 0 Å². The molecule has 0 amide bonds. The van der Waals surface area contributed by atoms with Gasteiger partial charge in [-0.2, -0.15) is 0 Å². The highest BCUT2D eigenvalue weighted by Crippen LogP contribution is 2.44. The molecule has 0 spiro atoms. The van der Waals surface area contributed by atoms with E-state index >= 15 is 0 Å². The third-order valence-electron chi connectivity index (χ3n) is 4.30. The molecule has 4 unspecified atom stereocenters. The van der Waals surface area contributed by atoms with Crippen molar-refractivity contribution in [1.29, 1.82) is 0 Å². The molecule has 1 aliphatic carbocycles. The average Bonchev–Trinajstić information content (AvgIpc) is 2.74. The van der Waals surface area contributed by atoms with Crippen LogP contribution in [0.1, 0.15) is 47.0 Å². The van der Waals surface area contributed by atoms with Crippen molar-refractivity contribution in [3.63, 3.8) is 0 Å². The summed E-state index contributed by atoms with van der Waals surface area (Å²) < 4.78 is 0. The fourth-order valence-corrected chi connectivity index (χ4v) is 3.41. The molecule has 0 aromatic carbocycles. The summed E-state index contributed by atoms with van der Waals surface area (Å²) in [5.74, 6) is 2.70. The molecule has 1 aliphatic heterocycles. The van der Waals surface area contributed by atoms with Gasteiger partial charge < -0.3 is 4.84 Å². The van der Waals surface area contributed by atoms with Crippen LogP contribution in [0.4, 0.5) is 0 Å². The highest BCUT2D eigenvalue weighted by molar-refractivity contribution is 5.90. The largest absolute Gasteiger partial charge is 0.392 e. The molecule has 0 bridgehead atoms. The predicted molar refractivity (Wildman–Crippen MR) is 62.8 cm³/mol. The maximum Gasteiger partial charge on any atom is 0.138 e. The lowest BCUT2D eigenvalue weighted by molar-refractivity contribution is 0.0448. The van der Waals surface area contributed by atoms with Gasteiger partial charge in [-0.3, -0.25) is 0 Å². The van der Waals surface area contributed by atoms with Crippen molar-refractivity contribution in [2.24, 2.45) is 28.8 Å². The summed E-state index contributed by atoms with van der Waals surface area (Å²) in [6.07, 6.45) is 4.08. The number of nitrogens with zero attached hydrogens (tertiary/aromatic N) is 1. The van der Waals surface area contributed by atoms with Gasteiger partial charge in [-0.05, 0) is 31.1 Å². The molecule has 2 rings (SSSR count). The van der Waals surface area contributed by atoms with Crippen LogP contribution in [0.5, 0.6) is 0 Å². The smallest absolute Gasteiger partial charge is 0.138 e. The van der Waals surface area contributed by atoms with Crippen LogP contribution in [0.2, 0.25) is 0 Å². The highest BCUT2D eigenvalue weighted by atomic mass is 16.6. The number of hydrogen-bond donors (Lipinski definition) is 0. The lowest BCUT2D eigenvalue weighted by Gasteiger charge is -2.20. The molecule has 2 aliphatic rings. The predicted octanol–water partition coefficient (Wildman–Crippen LogP) is 3.47. The Morgan fingerprint density at radius 3 is 2.53 bits per heavy atom. The molecule has 86 valence electrons. The van der Waals surface area contributed by atoms with Crippen molar-refractivity contribution in [1.82, 2.24) is 0 Å². The van der Waals surface area contributed by atoms with Crippen molar-refractivity contribution < 1.29 is 4.84 Å². The fourth-order valence-electron chi connectivity index (χ4n) is 3.41. The number of hydrogen-bond acceptors (Lipinski definition) is 2. The average molecular weight is 209 g/mol. The van der Waals surface area contributed by atoms with Gasteiger partial charge in [0.1, 0.15) is 6.10 Å². The van der Waals surface area contributed by atoms with E-state index in [1.165, 1.54) is 25.0 Å². The SMILES string of the molecule is CCC(CC)C1=NOC2C(C)CC(C)C12. The van der Waals surface area contributed by atoms with Gasteiger partial charge in [0.05, 0.1) is 5.71 Å². The topological polar surface area (TPSA) is 21.6 Å². The molecule has 15 heavy (non-hydrogen) atoms. The van der Waals surface area contributed by atoms with E-state index in [4.69, 9.17) is 4.84 Å². The first-order valence-corrected chi connectivity index (χ1v) is 6.42. The van der Waals surface area contributed by atoms with E-state index in [0.717, 1.165) is 5.92 Å². The molecule has 0 saturated heterocycles. The molecule has 0 aromatic rings. The summed E-state index contributed by atoms with van der Waals surface area (Å²) in [7, 11) is 0. The molecule has 1 fully saturated rings. The van der Waals surface area contributed by atoms with E-state index in [9.17, 15) is 0 Å². The van der Waals surface area contributed by atoms with Crippen molar-refractivity contribution in [3.05, 3.63) is 0 Å². The van der Waals surface area contributed by atoms with Gasteiger partial charge in [0, 0.05) is 11.8 Å². The second kappa shape index (κ2) is 4.15. The van der Waals surface area contributed by atoms with Crippen LogP contribution >= 0.6 is 0 Å². The van der Waals surface area contributed by atoms with Gasteiger partial charge in [0.15, 0.2) is 0 Å². The molecule has 0 N–H and O–H groups in total. The Hall–Kier alpha value is -0.530. The number of rotatable bonds is 3. The zero-order valence-corrected chi connectivity index (χ0v) is 10.4. The second-order valence-electron chi connectivity index (χ2n) is 5.32. The lowest BCUT2D eigenvalue weighted by Crippen LogP contribution is -2.28. The first-order chi connectivity index (χ1) is 7.19. The maximum absolute atomic E-state index is 5.64. The van der Waals surface area contributed by atoms with Crippen LogP contribution in [0.25, 0.3) is 0 Å². The number of oxime groups is 1. The van der Waals surface area contributed by atoms with Gasteiger partial charge in [-0.1, -0.05) is 32.9 Å². The molecular weight excluding hydrogens is 186 g/mol. The zero-order valence-electron chi connectivity index (χ0n) is 10.4. The van der Waals surface area contributed by atoms with Crippen LogP contribution in [0, 0.1) is 23.7 Å². The van der Waals surface area contributed by atoms with E-state index in [1.54, 1.807) is 0 Å². The molecule has 4 atom stereocenters. The summed E-state index contributed by atoms with van der Waals surface area (Å²) in [6, 6.07) is 0. The summed E-state index contributed by atoms with van der Waals surface area (Å²) in [5.41, 5.74) is 1.36. The molecule has 0 radical (unpaired) electrons. The maximum atomic E-state index is 5.64. The van der Waals surface area contributed by atoms with E-state index in [0.29, 0.717) is 23.9 Å². The van der Waals surface area contributed by atoms with Crippen molar-refractivity contribution >= 4 is 5.71 Å². The minimum Gasteiger partial charge on any atom is -0.392 e. The molecule has 2 nitrogen and oxygen atoms in total. The van der Waals surface area contributed by atoms with Crippen molar-refractivity contribution in [2.45, 2.75) is 53.1 Å². The Kier molecular flexibility index (Phi) is 3.03. The van der Waals surface area contributed by atoms with Crippen LogP contribution in [-0.2, 0) is 4.84 Å². The molecule has 1 saturated carbocycles. The third-order valence-corrected chi connectivity index (χ3v) is 4.30. The summed E-state index contributed by atoms with van der Waals surface area (Å²) in [6.45, 7) is 9.17. The minimum absolute atomic E-state index is 0.385. The van der Waals surface area contributed by atoms with Gasteiger partial charge in [0.2, 0.25) is 0 Å². The Morgan fingerprint density at radius 2 is 1.93 bits per heavy atom. The van der Waals surface area contributed by atoms with Crippen LogP contribution in [-0.4, -0.2) is 11.8 Å². The van der Waals surface area contributed by atoms with E-state index in [-0.39, 0.29) is 0 Å². The molecular formula is C13H23NO. The Balaban J connectivity index is 2.15. The standard InChI is InChI=1S/C13H23NO/c1-5-10(6-2)12-11-8(3)7-9(4)13(11)15-14-12/h8-11,13H,5-7H2,1-4H3. The van der Waals surface area contributed by atoms with E-state index in [2.05, 4.69) is 32.9 Å². The molecule has 0 aromatic heterocycles. The van der Waals surface area contributed by atoms with Gasteiger partial charge >= 0.3 is 0 Å². The Morgan fingerprint density at radius 1 is 1.27 bits per heavy atom. The summed E-state index contributed by atoms with van der Waals surface area (Å²) in [4.78, 5) is 5.64. The summed E-state index contributed by atoms with van der Waals surface area (Å²) >= 11 is 0. The van der Waals surface area contributed by atoms with Gasteiger partial charge in [-0.25, -0.2) is 0 Å². The minimum atomic E-state index is 0.385. The number of fused-ring (bicyclic) bond motifs is 1. The molecule has 2 heteroatoms. The van der Waals surface area contributed by atoms with Gasteiger partial charge in [-0.15, -0.1) is 0 Å².